The summed E-state index contributed by atoms with van der Waals surface area (Å²) in [4.78, 5) is 0. The van der Waals surface area contributed by atoms with Crippen molar-refractivity contribution in [3.05, 3.63) is 18.1 Å². The van der Waals surface area contributed by atoms with Crippen LogP contribution in [-0.2, 0) is 0 Å². The monoisotopic (exact) mass is 205 g/mol. The van der Waals surface area contributed by atoms with Crippen LogP contribution in [0.25, 0.3) is 0 Å². The van der Waals surface area contributed by atoms with Crippen LogP contribution in [0.15, 0.2) is 11.6 Å². The third-order valence-corrected chi connectivity index (χ3v) is 4.93. The molecule has 0 aromatic rings. The topological polar surface area (TPSA) is 0 Å². The molecule has 0 aromatic heterocycles. The van der Waals surface area contributed by atoms with Crippen LogP contribution in [-0.4, -0.2) is 0 Å². The van der Waals surface area contributed by atoms with Crippen molar-refractivity contribution >= 4 is 0 Å². The van der Waals surface area contributed by atoms with Crippen molar-refractivity contribution in [1.82, 2.24) is 0 Å². The summed E-state index contributed by atoms with van der Waals surface area (Å²) in [6.07, 6.45) is 10.6. The molecule has 0 heteroatoms. The minimum atomic E-state index is 0.549. The molecule has 3 atom stereocenters. The highest BCUT2D eigenvalue weighted by atomic mass is 14.5. The van der Waals surface area contributed by atoms with Gasteiger partial charge in [-0.2, -0.15) is 0 Å². The second kappa shape index (κ2) is 3.88. The van der Waals surface area contributed by atoms with Crippen molar-refractivity contribution < 1.29 is 0 Å². The number of rotatable bonds is 1. The maximum absolute atomic E-state index is 2.66. The zero-order valence-corrected chi connectivity index (χ0v) is 10.7. The molecule has 0 heterocycles. The van der Waals surface area contributed by atoms with Gasteiger partial charge in [-0.1, -0.05) is 26.8 Å². The van der Waals surface area contributed by atoms with Crippen molar-refractivity contribution in [1.29, 1.82) is 0 Å². The third-order valence-electron chi connectivity index (χ3n) is 4.93. The second-order valence-electron chi connectivity index (χ2n) is 6.10. The predicted octanol–water partition coefficient (Wildman–Crippen LogP) is 4.62. The molecule has 1 saturated carbocycles. The molecule has 1 spiro atoms. The Hall–Kier alpha value is -0.390. The Morgan fingerprint density at radius 2 is 2.13 bits per heavy atom. The van der Waals surface area contributed by atoms with Crippen molar-refractivity contribution in [2.45, 2.75) is 53.4 Å². The Morgan fingerprint density at radius 3 is 2.67 bits per heavy atom. The maximum Gasteiger partial charge on any atom is 0.117 e. The van der Waals surface area contributed by atoms with Crippen LogP contribution < -0.4 is 0 Å². The summed E-state index contributed by atoms with van der Waals surface area (Å²) in [7, 11) is 0. The fourth-order valence-corrected chi connectivity index (χ4v) is 3.86. The molecule has 2 aliphatic rings. The molecule has 0 radical (unpaired) electrons. The minimum Gasteiger partial charge on any atom is -0.0765 e. The Balaban J connectivity index is 2.23. The van der Waals surface area contributed by atoms with Gasteiger partial charge in [-0.3, -0.25) is 0 Å². The molecule has 0 bridgehead atoms. The van der Waals surface area contributed by atoms with Gasteiger partial charge in [0.1, 0.15) is 11.8 Å². The second-order valence-corrected chi connectivity index (χ2v) is 6.10. The Bertz CT molecular complexity index is 261. The highest BCUT2D eigenvalue weighted by Crippen LogP contribution is 2.57. The average molecular weight is 205 g/mol. The summed E-state index contributed by atoms with van der Waals surface area (Å²) in [5.41, 5.74) is 2.12. The first-order chi connectivity index (χ1) is 7.06. The molecule has 2 rings (SSSR count). The first-order valence-electron chi connectivity index (χ1n) is 6.56. The van der Waals surface area contributed by atoms with Gasteiger partial charge in [0.05, 0.1) is 6.42 Å². The minimum absolute atomic E-state index is 0.549. The van der Waals surface area contributed by atoms with Crippen LogP contribution >= 0.6 is 0 Å². The van der Waals surface area contributed by atoms with E-state index in [0.29, 0.717) is 5.41 Å². The lowest BCUT2D eigenvalue weighted by atomic mass is 9.62. The molecular weight excluding hydrogens is 180 g/mol. The molecule has 2 aliphatic carbocycles. The average Bonchev–Trinajstić information content (AvgIpc) is 2.50. The molecular formula is C15H25+. The number of allylic oxidation sites excluding steroid dienone is 2. The van der Waals surface area contributed by atoms with Crippen LogP contribution in [0.2, 0.25) is 0 Å². The Morgan fingerprint density at radius 1 is 1.40 bits per heavy atom. The highest BCUT2D eigenvalue weighted by Gasteiger charge is 2.55. The van der Waals surface area contributed by atoms with Crippen LogP contribution in [0.5, 0.6) is 0 Å². The maximum atomic E-state index is 2.66. The van der Waals surface area contributed by atoms with Gasteiger partial charge < -0.3 is 0 Å². The fourth-order valence-electron chi connectivity index (χ4n) is 3.86. The number of hydrogen-bond acceptors (Lipinski definition) is 0. The normalized spacial score (nSPS) is 40.7. The standard InChI is InChI=1S/C15H25/c1-11(2)14-6-5-13(4)15(14)9-7-12(3)8-10-15/h7,10-11,13-14H,5-6,8-9H2,1-4H3/q+1/t13-,14-,15-/m0/s1. The van der Waals surface area contributed by atoms with E-state index in [0.717, 1.165) is 17.8 Å². The zero-order chi connectivity index (χ0) is 11.1. The van der Waals surface area contributed by atoms with Crippen molar-refractivity contribution in [3.8, 4) is 0 Å². The molecule has 15 heavy (non-hydrogen) atoms. The van der Waals surface area contributed by atoms with Gasteiger partial charge in [0.2, 0.25) is 0 Å². The van der Waals surface area contributed by atoms with Crippen LogP contribution in [0.1, 0.15) is 53.4 Å². The van der Waals surface area contributed by atoms with E-state index in [1.165, 1.54) is 25.7 Å². The molecule has 0 amide bonds. The van der Waals surface area contributed by atoms with Gasteiger partial charge in [0.25, 0.3) is 0 Å². The van der Waals surface area contributed by atoms with E-state index in [9.17, 15) is 0 Å². The van der Waals surface area contributed by atoms with Gasteiger partial charge in [0, 0.05) is 18.3 Å². The molecule has 0 saturated heterocycles. The molecule has 84 valence electrons. The van der Waals surface area contributed by atoms with Gasteiger partial charge in [0.15, 0.2) is 0 Å². The molecule has 0 nitrogen and oxygen atoms in total. The van der Waals surface area contributed by atoms with Crippen molar-refractivity contribution in [2.75, 3.05) is 0 Å². The largest absolute Gasteiger partial charge is 0.117 e. The fraction of sp³-hybridized carbons (Fsp3) is 0.800. The lowest BCUT2D eigenvalue weighted by molar-refractivity contribution is 0.141. The quantitative estimate of drug-likeness (QED) is 0.433. The van der Waals surface area contributed by atoms with Crippen molar-refractivity contribution in [2.24, 2.45) is 23.2 Å². The Labute approximate surface area is 95.1 Å². The van der Waals surface area contributed by atoms with Crippen LogP contribution in [0.3, 0.4) is 0 Å². The third kappa shape index (κ3) is 1.73. The highest BCUT2D eigenvalue weighted by molar-refractivity contribution is 5.19. The van der Waals surface area contributed by atoms with Crippen molar-refractivity contribution in [3.63, 3.8) is 0 Å². The van der Waals surface area contributed by atoms with E-state index in [-0.39, 0.29) is 0 Å². The van der Waals surface area contributed by atoms with E-state index in [1.54, 1.807) is 5.57 Å². The summed E-state index contributed by atoms with van der Waals surface area (Å²) in [5.74, 6) is 2.67. The van der Waals surface area contributed by atoms with Crippen LogP contribution in [0, 0.1) is 29.6 Å². The van der Waals surface area contributed by atoms with E-state index < -0.39 is 0 Å². The lowest BCUT2D eigenvalue weighted by Gasteiger charge is -2.35. The molecule has 0 aliphatic heterocycles. The van der Waals surface area contributed by atoms with Gasteiger partial charge in [-0.25, -0.2) is 0 Å². The van der Waals surface area contributed by atoms with E-state index in [4.69, 9.17) is 0 Å². The molecule has 0 unspecified atom stereocenters. The van der Waals surface area contributed by atoms with E-state index in [2.05, 4.69) is 40.2 Å². The zero-order valence-electron chi connectivity index (χ0n) is 10.7. The van der Waals surface area contributed by atoms with Gasteiger partial charge >= 0.3 is 0 Å². The first-order valence-corrected chi connectivity index (χ1v) is 6.56. The molecule has 0 N–H and O–H groups in total. The number of hydrogen-bond donors (Lipinski definition) is 0. The van der Waals surface area contributed by atoms with Crippen LogP contribution in [0.4, 0.5) is 0 Å². The smallest absolute Gasteiger partial charge is 0.0765 e. The Kier molecular flexibility index (Phi) is 2.87. The molecule has 0 aromatic carbocycles. The predicted molar refractivity (Wildman–Crippen MR) is 66.5 cm³/mol. The van der Waals surface area contributed by atoms with E-state index >= 15 is 0 Å². The first kappa shape index (κ1) is 11.1. The summed E-state index contributed by atoms with van der Waals surface area (Å²) < 4.78 is 0. The lowest BCUT2D eigenvalue weighted by Crippen LogP contribution is -2.35. The summed E-state index contributed by atoms with van der Waals surface area (Å²) in [6, 6.07) is 0. The summed E-state index contributed by atoms with van der Waals surface area (Å²) in [5, 5.41) is 0. The summed E-state index contributed by atoms with van der Waals surface area (Å²) in [6.45, 7) is 9.55. The van der Waals surface area contributed by atoms with Gasteiger partial charge in [-0.15, -0.1) is 0 Å². The summed E-state index contributed by atoms with van der Waals surface area (Å²) >= 11 is 0. The van der Waals surface area contributed by atoms with E-state index in [1.807, 2.05) is 0 Å². The SMILES string of the molecule is CC1=CC[C@]2([CH+]C1)[C@@H](C)CC[C@H]2C(C)C. The van der Waals surface area contributed by atoms with Gasteiger partial charge in [-0.05, 0) is 31.3 Å². The molecule has 1 fully saturated rings.